The summed E-state index contributed by atoms with van der Waals surface area (Å²) in [6.45, 7) is 4.92. The van der Waals surface area contributed by atoms with Crippen LogP contribution in [0.25, 0.3) is 0 Å². The van der Waals surface area contributed by atoms with Gasteiger partial charge in [-0.2, -0.15) is 4.31 Å². The van der Waals surface area contributed by atoms with E-state index in [1.165, 1.54) is 4.31 Å². The van der Waals surface area contributed by atoms with Crippen molar-refractivity contribution in [1.82, 2.24) is 9.37 Å². The summed E-state index contributed by atoms with van der Waals surface area (Å²) in [6.07, 6.45) is 3.57. The van der Waals surface area contributed by atoms with E-state index in [1.54, 1.807) is 30.3 Å². The van der Waals surface area contributed by atoms with Gasteiger partial charge in [-0.15, -0.1) is 6.58 Å². The van der Waals surface area contributed by atoms with E-state index in [0.29, 0.717) is 49.6 Å². The number of hydrogen-bond acceptors (Lipinski definition) is 5. The molecule has 25 heavy (non-hydrogen) atoms. The first kappa shape index (κ1) is 19.6. The van der Waals surface area contributed by atoms with Gasteiger partial charge in [-0.1, -0.05) is 24.3 Å². The van der Waals surface area contributed by atoms with Crippen LogP contribution in [0.5, 0.6) is 0 Å². The normalized spacial score (nSPS) is 16.5. The maximum absolute atomic E-state index is 13.0. The molecule has 0 atom stereocenters. The van der Waals surface area contributed by atoms with Crippen LogP contribution < -0.4 is 0 Å². The van der Waals surface area contributed by atoms with Crippen molar-refractivity contribution in [2.45, 2.75) is 30.3 Å². The molecule has 1 N–H and O–H groups in total. The van der Waals surface area contributed by atoms with E-state index in [2.05, 4.69) is 6.58 Å². The molecule has 1 aromatic carbocycles. The molecule has 0 aliphatic carbocycles. The van der Waals surface area contributed by atoms with Crippen LogP contribution in [0.2, 0.25) is 0 Å². The second-order valence-electron chi connectivity index (χ2n) is 5.85. The minimum Gasteiger partial charge on any atom is -0.374 e. The van der Waals surface area contributed by atoms with Crippen molar-refractivity contribution < 1.29 is 23.2 Å². The quantitative estimate of drug-likeness (QED) is 0.308. The van der Waals surface area contributed by atoms with Crippen LogP contribution in [0.15, 0.2) is 41.8 Å². The fraction of sp³-hybridized carbons (Fsp3) is 0.471. The number of hydrogen-bond donors (Lipinski definition) is 1. The van der Waals surface area contributed by atoms with E-state index in [0.717, 1.165) is 0 Å². The fourth-order valence-corrected chi connectivity index (χ4v) is 4.55. The van der Waals surface area contributed by atoms with Gasteiger partial charge in [0.25, 0.3) is 0 Å². The number of amides is 1. The number of carbonyl (C=O) groups excluding carboxylic acids is 1. The third-order valence-electron chi connectivity index (χ3n) is 4.17. The first-order chi connectivity index (χ1) is 12.0. The van der Waals surface area contributed by atoms with Crippen LogP contribution in [0.3, 0.4) is 0 Å². The van der Waals surface area contributed by atoms with Crippen molar-refractivity contribution in [3.63, 3.8) is 0 Å². The molecule has 8 heteroatoms. The smallest absolute Gasteiger partial charge is 0.243 e. The molecule has 7 nitrogen and oxygen atoms in total. The molecule has 0 radical (unpaired) electrons. The largest absolute Gasteiger partial charge is 0.374 e. The van der Waals surface area contributed by atoms with Crippen LogP contribution in [-0.2, 0) is 26.0 Å². The van der Waals surface area contributed by atoms with Crippen molar-refractivity contribution in [2.75, 3.05) is 26.2 Å². The van der Waals surface area contributed by atoms with Gasteiger partial charge in [0.15, 0.2) is 0 Å². The summed E-state index contributed by atoms with van der Waals surface area (Å²) >= 11 is 0. The van der Waals surface area contributed by atoms with Gasteiger partial charge in [-0.25, -0.2) is 13.5 Å². The topological polar surface area (TPSA) is 87.2 Å². The maximum Gasteiger partial charge on any atom is 0.243 e. The molecule has 0 bridgehead atoms. The molecule has 1 heterocycles. The van der Waals surface area contributed by atoms with Gasteiger partial charge in [0.1, 0.15) is 0 Å². The van der Waals surface area contributed by atoms with Crippen molar-refractivity contribution in [1.29, 1.82) is 0 Å². The Kier molecular flexibility index (Phi) is 7.12. The fourth-order valence-electron chi connectivity index (χ4n) is 2.83. The Labute approximate surface area is 148 Å². The molecule has 0 spiro atoms. The van der Waals surface area contributed by atoms with Gasteiger partial charge in [0.05, 0.1) is 24.2 Å². The molecule has 0 unspecified atom stereocenters. The van der Waals surface area contributed by atoms with Crippen molar-refractivity contribution in [3.05, 3.63) is 42.5 Å². The molecule has 1 saturated heterocycles. The zero-order valence-corrected chi connectivity index (χ0v) is 14.9. The highest BCUT2D eigenvalue weighted by molar-refractivity contribution is 7.89. The molecular weight excluding hydrogens is 344 g/mol. The summed E-state index contributed by atoms with van der Waals surface area (Å²) in [5, 5.41) is 9.75. The van der Waals surface area contributed by atoms with Gasteiger partial charge < -0.3 is 4.74 Å². The minimum absolute atomic E-state index is 0.0352. The third kappa shape index (κ3) is 5.12. The summed E-state index contributed by atoms with van der Waals surface area (Å²) in [5.74, 6) is 0. The molecule has 1 aromatic rings. The molecule has 2 rings (SSSR count). The lowest BCUT2D eigenvalue weighted by Gasteiger charge is -2.31. The maximum atomic E-state index is 13.0. The van der Waals surface area contributed by atoms with Crippen LogP contribution in [-0.4, -0.2) is 61.7 Å². The van der Waals surface area contributed by atoms with Gasteiger partial charge in [-0.3, -0.25) is 10.0 Å². The Hall–Kier alpha value is -1.74. The highest BCUT2D eigenvalue weighted by Gasteiger charge is 2.31. The Morgan fingerprint density at radius 2 is 2.00 bits per heavy atom. The molecule has 138 valence electrons. The number of benzene rings is 1. The molecule has 0 aromatic heterocycles. The standard InChI is InChI=1S/C17H24N2O5S/c1-2-13-24-16-8-11-19(12-9-16)25(22,23)17-6-4-3-5-15(17)7-10-18(21)14-20/h2-6,14,16,21H,1,7-13H2. The average molecular weight is 368 g/mol. The molecule has 1 amide bonds. The number of rotatable bonds is 9. The minimum atomic E-state index is -3.62. The lowest BCUT2D eigenvalue weighted by molar-refractivity contribution is -0.149. The number of hydroxylamine groups is 2. The number of ether oxygens (including phenoxy) is 1. The van der Waals surface area contributed by atoms with Crippen molar-refractivity contribution >= 4 is 16.4 Å². The summed E-state index contributed by atoms with van der Waals surface area (Å²) in [7, 11) is -3.62. The summed E-state index contributed by atoms with van der Waals surface area (Å²) in [4.78, 5) is 10.7. The Morgan fingerprint density at radius 3 is 2.64 bits per heavy atom. The van der Waals surface area contributed by atoms with E-state index >= 15 is 0 Å². The molecular formula is C17H24N2O5S. The van der Waals surface area contributed by atoms with Gasteiger partial charge in [-0.05, 0) is 30.9 Å². The summed E-state index contributed by atoms with van der Waals surface area (Å²) < 4.78 is 33.0. The SMILES string of the molecule is C=CCOC1CCN(S(=O)(=O)c2ccccc2CCN(O)C=O)CC1. The zero-order valence-electron chi connectivity index (χ0n) is 14.1. The molecule has 1 aliphatic heterocycles. The van der Waals surface area contributed by atoms with Crippen LogP contribution in [0.1, 0.15) is 18.4 Å². The lowest BCUT2D eigenvalue weighted by atomic mass is 10.1. The third-order valence-corrected chi connectivity index (χ3v) is 6.17. The van der Waals surface area contributed by atoms with Crippen LogP contribution in [0, 0.1) is 0 Å². The summed E-state index contributed by atoms with van der Waals surface area (Å²) in [5.41, 5.74) is 0.577. The summed E-state index contributed by atoms with van der Waals surface area (Å²) in [6, 6.07) is 6.68. The van der Waals surface area contributed by atoms with E-state index in [4.69, 9.17) is 4.74 Å². The van der Waals surface area contributed by atoms with E-state index in [-0.39, 0.29) is 24.0 Å². The second-order valence-corrected chi connectivity index (χ2v) is 7.76. The van der Waals surface area contributed by atoms with E-state index in [9.17, 15) is 18.4 Å². The van der Waals surface area contributed by atoms with Crippen molar-refractivity contribution in [2.24, 2.45) is 0 Å². The molecule has 1 fully saturated rings. The number of nitrogens with zero attached hydrogens (tertiary/aromatic N) is 2. The molecule has 1 aliphatic rings. The lowest BCUT2D eigenvalue weighted by Crippen LogP contribution is -2.41. The van der Waals surface area contributed by atoms with E-state index < -0.39 is 10.0 Å². The van der Waals surface area contributed by atoms with Gasteiger partial charge in [0, 0.05) is 13.1 Å². The highest BCUT2D eigenvalue weighted by Crippen LogP contribution is 2.25. The Bertz CT molecular complexity index is 684. The number of piperidine rings is 1. The van der Waals surface area contributed by atoms with Gasteiger partial charge in [0.2, 0.25) is 16.4 Å². The monoisotopic (exact) mass is 368 g/mol. The zero-order chi connectivity index (χ0) is 18.3. The van der Waals surface area contributed by atoms with Crippen LogP contribution >= 0.6 is 0 Å². The average Bonchev–Trinajstić information content (AvgIpc) is 2.64. The first-order valence-corrected chi connectivity index (χ1v) is 9.64. The predicted molar refractivity (Wildman–Crippen MR) is 92.6 cm³/mol. The first-order valence-electron chi connectivity index (χ1n) is 8.20. The Morgan fingerprint density at radius 1 is 1.32 bits per heavy atom. The number of carbonyl (C=O) groups is 1. The van der Waals surface area contributed by atoms with Crippen molar-refractivity contribution in [3.8, 4) is 0 Å². The number of sulfonamides is 1. The Balaban J connectivity index is 2.09. The van der Waals surface area contributed by atoms with Crippen LogP contribution in [0.4, 0.5) is 0 Å². The second kappa shape index (κ2) is 9.10. The van der Waals surface area contributed by atoms with Gasteiger partial charge >= 0.3 is 0 Å². The predicted octanol–water partition coefficient (Wildman–Crippen LogP) is 1.43. The highest BCUT2D eigenvalue weighted by atomic mass is 32.2. The van der Waals surface area contributed by atoms with E-state index in [1.807, 2.05) is 0 Å². The molecule has 0 saturated carbocycles.